The molecule has 166 valence electrons. The maximum absolute atomic E-state index is 12.4. The van der Waals surface area contributed by atoms with Gasteiger partial charge in [-0.25, -0.2) is 0 Å². The van der Waals surface area contributed by atoms with E-state index in [-0.39, 0.29) is 23.9 Å². The highest BCUT2D eigenvalue weighted by Gasteiger charge is 2.25. The molecule has 0 spiro atoms. The summed E-state index contributed by atoms with van der Waals surface area (Å²) in [5, 5.41) is 13.8. The molecule has 0 unspecified atom stereocenters. The molecule has 0 saturated carbocycles. The first-order chi connectivity index (χ1) is 14.5. The quantitative estimate of drug-likeness (QED) is 0.501. The summed E-state index contributed by atoms with van der Waals surface area (Å²) in [6.45, 7) is 7.34. The minimum absolute atomic E-state index is 0.0301. The molecule has 0 aromatic heterocycles. The Bertz CT molecular complexity index is 951. The number of nitrogens with one attached hydrogen (secondary N) is 1. The van der Waals surface area contributed by atoms with Crippen LogP contribution in [0.2, 0.25) is 0 Å². The summed E-state index contributed by atoms with van der Waals surface area (Å²) in [4.78, 5) is 36.8. The maximum atomic E-state index is 12.4. The van der Waals surface area contributed by atoms with Crippen LogP contribution in [0.5, 0.6) is 11.5 Å². The molecule has 0 bridgehead atoms. The Morgan fingerprint density at radius 2 is 1.68 bits per heavy atom. The van der Waals surface area contributed by atoms with Crippen molar-refractivity contribution in [3.63, 3.8) is 0 Å². The van der Waals surface area contributed by atoms with Crippen molar-refractivity contribution in [1.29, 1.82) is 0 Å². The van der Waals surface area contributed by atoms with E-state index in [1.807, 2.05) is 20.8 Å². The molecule has 0 saturated heterocycles. The first kappa shape index (κ1) is 23.7. The normalized spacial score (nSPS) is 10.9. The third-order valence-corrected chi connectivity index (χ3v) is 4.29. The van der Waals surface area contributed by atoms with Crippen LogP contribution < -0.4 is 19.7 Å². The van der Waals surface area contributed by atoms with Gasteiger partial charge >= 0.3 is 0 Å². The van der Waals surface area contributed by atoms with E-state index in [2.05, 4.69) is 5.32 Å². The second-order valence-electron chi connectivity index (χ2n) is 7.81. The molecular weight excluding hydrogens is 402 g/mol. The van der Waals surface area contributed by atoms with Crippen LogP contribution in [0.25, 0.3) is 0 Å². The molecule has 2 aromatic rings. The van der Waals surface area contributed by atoms with Gasteiger partial charge in [0.15, 0.2) is 6.61 Å². The number of amides is 2. The van der Waals surface area contributed by atoms with Crippen molar-refractivity contribution < 1.29 is 24.0 Å². The molecule has 9 nitrogen and oxygen atoms in total. The van der Waals surface area contributed by atoms with Gasteiger partial charge < -0.3 is 19.7 Å². The smallest absolute Gasteiger partial charge is 0.296 e. The molecule has 1 N–H and O–H groups in total. The van der Waals surface area contributed by atoms with E-state index in [0.717, 1.165) is 0 Å². The first-order valence-corrected chi connectivity index (χ1v) is 9.75. The zero-order chi connectivity index (χ0) is 23.2. The Morgan fingerprint density at radius 3 is 2.23 bits per heavy atom. The van der Waals surface area contributed by atoms with Gasteiger partial charge in [0, 0.05) is 18.2 Å². The van der Waals surface area contributed by atoms with E-state index in [1.54, 1.807) is 49.2 Å². The minimum atomic E-state index is -0.590. The fourth-order valence-corrected chi connectivity index (χ4v) is 2.75. The zero-order valence-electron chi connectivity index (χ0n) is 18.3. The molecule has 0 aliphatic rings. The van der Waals surface area contributed by atoms with Crippen molar-refractivity contribution in [2.45, 2.75) is 27.7 Å². The fraction of sp³-hybridized carbons (Fsp3) is 0.364. The Labute approximate surface area is 181 Å². The summed E-state index contributed by atoms with van der Waals surface area (Å²) < 4.78 is 10.7. The maximum Gasteiger partial charge on any atom is 0.296 e. The van der Waals surface area contributed by atoms with Gasteiger partial charge in [0.05, 0.1) is 17.6 Å². The largest absolute Gasteiger partial charge is 0.494 e. The molecule has 0 radical (unpaired) electrons. The molecule has 2 aromatic carbocycles. The minimum Gasteiger partial charge on any atom is -0.494 e. The van der Waals surface area contributed by atoms with E-state index >= 15 is 0 Å². The van der Waals surface area contributed by atoms with Crippen molar-refractivity contribution in [2.24, 2.45) is 5.41 Å². The number of nitro benzene ring substituents is 1. The lowest BCUT2D eigenvalue weighted by atomic mass is 9.95. The van der Waals surface area contributed by atoms with Crippen LogP contribution in [-0.2, 0) is 9.59 Å². The fourth-order valence-electron chi connectivity index (χ4n) is 2.75. The van der Waals surface area contributed by atoms with Crippen molar-refractivity contribution in [3.05, 3.63) is 52.6 Å². The third-order valence-electron chi connectivity index (χ3n) is 4.29. The van der Waals surface area contributed by atoms with Crippen molar-refractivity contribution >= 4 is 28.9 Å². The van der Waals surface area contributed by atoms with E-state index in [0.29, 0.717) is 23.8 Å². The molecule has 0 fully saturated rings. The molecule has 2 rings (SSSR count). The number of benzene rings is 2. The lowest BCUT2D eigenvalue weighted by Crippen LogP contribution is -2.36. The highest BCUT2D eigenvalue weighted by atomic mass is 16.6. The molecule has 0 aliphatic carbocycles. The van der Waals surface area contributed by atoms with Crippen LogP contribution in [-0.4, -0.2) is 37.0 Å². The number of anilines is 2. The Hall–Kier alpha value is -3.62. The lowest BCUT2D eigenvalue weighted by molar-refractivity contribution is -0.384. The molecule has 31 heavy (non-hydrogen) atoms. The number of ether oxygens (including phenoxy) is 2. The highest BCUT2D eigenvalue weighted by Crippen LogP contribution is 2.29. The lowest BCUT2D eigenvalue weighted by Gasteiger charge is -2.26. The summed E-state index contributed by atoms with van der Waals surface area (Å²) in [6, 6.07) is 10.9. The van der Waals surface area contributed by atoms with E-state index in [9.17, 15) is 19.7 Å². The van der Waals surface area contributed by atoms with Gasteiger partial charge in [-0.15, -0.1) is 0 Å². The van der Waals surface area contributed by atoms with Gasteiger partial charge in [-0.05, 0) is 43.3 Å². The summed E-state index contributed by atoms with van der Waals surface area (Å²) >= 11 is 0. The Morgan fingerprint density at radius 1 is 1.06 bits per heavy atom. The van der Waals surface area contributed by atoms with Gasteiger partial charge in [-0.1, -0.05) is 20.8 Å². The van der Waals surface area contributed by atoms with Gasteiger partial charge in [0.1, 0.15) is 17.2 Å². The molecule has 0 atom stereocenters. The standard InChI is InChI=1S/C22H27N3O6/c1-6-30-17-11-12-18(19(13-17)25(28)29)23-20(26)14-31-16-9-7-15(8-10-16)24(5)21(27)22(2,3)4/h7-13H,6,14H2,1-5H3,(H,23,26). The van der Waals surface area contributed by atoms with E-state index in [4.69, 9.17) is 9.47 Å². The van der Waals surface area contributed by atoms with Crippen LogP contribution >= 0.6 is 0 Å². The number of nitro groups is 1. The Balaban J connectivity index is 1.99. The summed E-state index contributed by atoms with van der Waals surface area (Å²) in [7, 11) is 1.70. The zero-order valence-corrected chi connectivity index (χ0v) is 18.3. The van der Waals surface area contributed by atoms with Crippen molar-refractivity contribution in [3.8, 4) is 11.5 Å². The number of nitrogens with zero attached hydrogens (tertiary/aromatic N) is 2. The van der Waals surface area contributed by atoms with Crippen LogP contribution in [0.15, 0.2) is 42.5 Å². The highest BCUT2D eigenvalue weighted by molar-refractivity contribution is 5.96. The van der Waals surface area contributed by atoms with Crippen LogP contribution in [0.3, 0.4) is 0 Å². The number of carbonyl (C=O) groups is 2. The molecular formula is C22H27N3O6. The van der Waals surface area contributed by atoms with Gasteiger partial charge in [-0.2, -0.15) is 0 Å². The summed E-state index contributed by atoms with van der Waals surface area (Å²) in [6.07, 6.45) is 0. The van der Waals surface area contributed by atoms with E-state index < -0.39 is 16.2 Å². The molecule has 0 heterocycles. The van der Waals surface area contributed by atoms with Crippen LogP contribution in [0.4, 0.5) is 17.1 Å². The van der Waals surface area contributed by atoms with Crippen molar-refractivity contribution in [2.75, 3.05) is 30.5 Å². The van der Waals surface area contributed by atoms with E-state index in [1.165, 1.54) is 12.1 Å². The number of carbonyl (C=O) groups excluding carboxylic acids is 2. The summed E-state index contributed by atoms with van der Waals surface area (Å²) in [5.74, 6) is 0.198. The number of rotatable bonds is 8. The number of hydrogen-bond acceptors (Lipinski definition) is 6. The number of hydrogen-bond donors (Lipinski definition) is 1. The first-order valence-electron chi connectivity index (χ1n) is 9.75. The average Bonchev–Trinajstić information content (AvgIpc) is 2.72. The topological polar surface area (TPSA) is 111 Å². The summed E-state index contributed by atoms with van der Waals surface area (Å²) in [5.41, 5.74) is -0.0254. The molecule has 0 aliphatic heterocycles. The predicted octanol–water partition coefficient (Wildman–Crippen LogP) is 4.02. The second-order valence-corrected chi connectivity index (χ2v) is 7.81. The Kier molecular flexibility index (Phi) is 7.57. The van der Waals surface area contributed by atoms with Crippen LogP contribution in [0, 0.1) is 15.5 Å². The van der Waals surface area contributed by atoms with Gasteiger partial charge in [0.2, 0.25) is 5.91 Å². The van der Waals surface area contributed by atoms with Gasteiger partial charge in [-0.3, -0.25) is 19.7 Å². The second kappa shape index (κ2) is 9.92. The van der Waals surface area contributed by atoms with Gasteiger partial charge in [0.25, 0.3) is 11.6 Å². The molecule has 2 amide bonds. The predicted molar refractivity (Wildman–Crippen MR) is 118 cm³/mol. The SMILES string of the molecule is CCOc1ccc(NC(=O)COc2ccc(N(C)C(=O)C(C)(C)C)cc2)c([N+](=O)[O-])c1. The molecule has 9 heteroatoms. The average molecular weight is 429 g/mol. The van der Waals surface area contributed by atoms with Crippen molar-refractivity contribution in [1.82, 2.24) is 0 Å². The third kappa shape index (κ3) is 6.43. The van der Waals surface area contributed by atoms with Crippen LogP contribution in [0.1, 0.15) is 27.7 Å². The monoisotopic (exact) mass is 429 g/mol.